The van der Waals surface area contributed by atoms with Gasteiger partial charge in [-0.2, -0.15) is 0 Å². The van der Waals surface area contributed by atoms with Crippen LogP contribution in [0.15, 0.2) is 24.3 Å². The summed E-state index contributed by atoms with van der Waals surface area (Å²) in [7, 11) is 1.61. The third-order valence-corrected chi connectivity index (χ3v) is 1.99. The SMILES string of the molecule is C=CC1COC/C1=C\COCOC. The fourth-order valence-electron chi connectivity index (χ4n) is 1.24. The van der Waals surface area contributed by atoms with Crippen molar-refractivity contribution in [2.45, 2.75) is 0 Å². The van der Waals surface area contributed by atoms with Crippen LogP contribution < -0.4 is 0 Å². The first-order valence-corrected chi connectivity index (χ1v) is 4.34. The smallest absolute Gasteiger partial charge is 0.146 e. The van der Waals surface area contributed by atoms with Crippen molar-refractivity contribution in [1.29, 1.82) is 0 Å². The number of hydrogen-bond acceptors (Lipinski definition) is 3. The summed E-state index contributed by atoms with van der Waals surface area (Å²) in [5, 5.41) is 0. The Morgan fingerprint density at radius 3 is 3.23 bits per heavy atom. The molecule has 0 aliphatic carbocycles. The minimum absolute atomic E-state index is 0.337. The van der Waals surface area contributed by atoms with E-state index in [-0.39, 0.29) is 0 Å². The zero-order valence-corrected chi connectivity index (χ0v) is 7.99. The van der Waals surface area contributed by atoms with E-state index in [0.717, 1.165) is 6.61 Å². The van der Waals surface area contributed by atoms with Gasteiger partial charge in [-0.05, 0) is 5.57 Å². The molecule has 1 fully saturated rings. The van der Waals surface area contributed by atoms with Gasteiger partial charge in [0.2, 0.25) is 0 Å². The Morgan fingerprint density at radius 1 is 1.69 bits per heavy atom. The van der Waals surface area contributed by atoms with Gasteiger partial charge < -0.3 is 14.2 Å². The van der Waals surface area contributed by atoms with E-state index >= 15 is 0 Å². The molecule has 1 rings (SSSR count). The molecule has 1 heterocycles. The maximum atomic E-state index is 5.29. The van der Waals surface area contributed by atoms with Crippen LogP contribution >= 0.6 is 0 Å². The highest BCUT2D eigenvalue weighted by atomic mass is 16.7. The second-order valence-corrected chi connectivity index (χ2v) is 2.91. The van der Waals surface area contributed by atoms with Crippen LogP contribution in [0.1, 0.15) is 0 Å². The molecule has 0 radical (unpaired) electrons. The molecular formula is C10H16O3. The van der Waals surface area contributed by atoms with E-state index in [1.54, 1.807) is 7.11 Å². The first-order chi connectivity index (χ1) is 6.38. The fourth-order valence-corrected chi connectivity index (χ4v) is 1.24. The molecule has 1 aliphatic heterocycles. The zero-order valence-electron chi connectivity index (χ0n) is 7.99. The van der Waals surface area contributed by atoms with Crippen molar-refractivity contribution >= 4 is 0 Å². The molecular weight excluding hydrogens is 168 g/mol. The number of hydrogen-bond donors (Lipinski definition) is 0. The molecule has 0 aromatic heterocycles. The van der Waals surface area contributed by atoms with Crippen LogP contribution in [0.2, 0.25) is 0 Å². The monoisotopic (exact) mass is 184 g/mol. The van der Waals surface area contributed by atoms with Gasteiger partial charge in [-0.1, -0.05) is 12.2 Å². The lowest BCUT2D eigenvalue weighted by Crippen LogP contribution is -2.01. The third-order valence-electron chi connectivity index (χ3n) is 1.99. The predicted molar refractivity (Wildman–Crippen MR) is 50.4 cm³/mol. The summed E-state index contributed by atoms with van der Waals surface area (Å²) in [6, 6.07) is 0. The molecule has 3 nitrogen and oxygen atoms in total. The van der Waals surface area contributed by atoms with Crippen molar-refractivity contribution in [2.75, 3.05) is 33.7 Å². The molecule has 3 heteroatoms. The molecule has 0 bridgehead atoms. The van der Waals surface area contributed by atoms with Gasteiger partial charge in [0, 0.05) is 13.0 Å². The van der Waals surface area contributed by atoms with Crippen molar-refractivity contribution in [2.24, 2.45) is 5.92 Å². The highest BCUT2D eigenvalue weighted by molar-refractivity contribution is 5.16. The normalized spacial score (nSPS) is 25.3. The Labute approximate surface area is 79.0 Å². The fraction of sp³-hybridized carbons (Fsp3) is 0.600. The van der Waals surface area contributed by atoms with Gasteiger partial charge in [-0.3, -0.25) is 0 Å². The van der Waals surface area contributed by atoms with Crippen LogP contribution in [0.5, 0.6) is 0 Å². The second-order valence-electron chi connectivity index (χ2n) is 2.91. The summed E-state index contributed by atoms with van der Waals surface area (Å²) in [5.41, 5.74) is 1.26. The van der Waals surface area contributed by atoms with E-state index in [2.05, 4.69) is 6.58 Å². The maximum Gasteiger partial charge on any atom is 0.146 e. The number of ether oxygens (including phenoxy) is 3. The highest BCUT2D eigenvalue weighted by Gasteiger charge is 2.17. The summed E-state index contributed by atoms with van der Waals surface area (Å²) in [4.78, 5) is 0. The Kier molecular flexibility index (Phi) is 4.75. The van der Waals surface area contributed by atoms with E-state index < -0.39 is 0 Å². The van der Waals surface area contributed by atoms with Gasteiger partial charge in [0.05, 0.1) is 19.8 Å². The van der Waals surface area contributed by atoms with Crippen molar-refractivity contribution in [3.63, 3.8) is 0 Å². The summed E-state index contributed by atoms with van der Waals surface area (Å²) in [6.45, 7) is 6.12. The Bertz CT molecular complexity index is 187. The van der Waals surface area contributed by atoms with Crippen LogP contribution in [0, 0.1) is 5.92 Å². The first kappa shape index (κ1) is 10.4. The molecule has 1 atom stereocenters. The Morgan fingerprint density at radius 2 is 2.54 bits per heavy atom. The summed E-state index contributed by atoms with van der Waals surface area (Å²) in [5.74, 6) is 0.367. The Balaban J connectivity index is 2.28. The zero-order chi connectivity index (χ0) is 9.52. The summed E-state index contributed by atoms with van der Waals surface area (Å²) >= 11 is 0. The van der Waals surface area contributed by atoms with Gasteiger partial charge in [0.15, 0.2) is 0 Å². The second kappa shape index (κ2) is 5.91. The van der Waals surface area contributed by atoms with Crippen molar-refractivity contribution in [3.05, 3.63) is 24.3 Å². The summed E-state index contributed by atoms with van der Waals surface area (Å²) in [6.07, 6.45) is 3.95. The minimum atomic E-state index is 0.337. The topological polar surface area (TPSA) is 27.7 Å². The molecule has 1 aliphatic rings. The molecule has 0 spiro atoms. The molecule has 74 valence electrons. The van der Waals surface area contributed by atoms with Crippen molar-refractivity contribution in [3.8, 4) is 0 Å². The molecule has 0 N–H and O–H groups in total. The standard InChI is InChI=1S/C10H16O3/c1-3-9-6-13-7-10(9)4-5-12-8-11-2/h3-4,9H,1,5-8H2,2H3/b10-4+. The molecule has 1 saturated heterocycles. The van der Waals surface area contributed by atoms with Gasteiger partial charge in [-0.15, -0.1) is 6.58 Å². The molecule has 13 heavy (non-hydrogen) atoms. The molecule has 0 amide bonds. The Hall–Kier alpha value is -0.640. The lowest BCUT2D eigenvalue weighted by Gasteiger charge is -2.03. The van der Waals surface area contributed by atoms with Crippen LogP contribution in [0.3, 0.4) is 0 Å². The van der Waals surface area contributed by atoms with Crippen molar-refractivity contribution in [1.82, 2.24) is 0 Å². The first-order valence-electron chi connectivity index (χ1n) is 4.34. The lowest BCUT2D eigenvalue weighted by molar-refractivity contribution is -0.0188. The quantitative estimate of drug-likeness (QED) is 0.367. The molecule has 0 aromatic carbocycles. The van der Waals surface area contributed by atoms with E-state index in [4.69, 9.17) is 14.2 Å². The van der Waals surface area contributed by atoms with Crippen LogP contribution in [0.4, 0.5) is 0 Å². The summed E-state index contributed by atoms with van der Waals surface area (Å²) < 4.78 is 15.2. The van der Waals surface area contributed by atoms with Crippen LogP contribution in [-0.4, -0.2) is 33.7 Å². The third kappa shape index (κ3) is 3.30. The predicted octanol–water partition coefficient (Wildman–Crippen LogP) is 1.37. The van der Waals surface area contributed by atoms with Gasteiger partial charge >= 0.3 is 0 Å². The van der Waals surface area contributed by atoms with Crippen LogP contribution in [-0.2, 0) is 14.2 Å². The average molecular weight is 184 g/mol. The number of methoxy groups -OCH3 is 1. The minimum Gasteiger partial charge on any atom is -0.376 e. The van der Waals surface area contributed by atoms with Gasteiger partial charge in [0.1, 0.15) is 6.79 Å². The lowest BCUT2D eigenvalue weighted by atomic mass is 10.0. The average Bonchev–Trinajstić information content (AvgIpc) is 2.60. The van der Waals surface area contributed by atoms with Gasteiger partial charge in [0.25, 0.3) is 0 Å². The van der Waals surface area contributed by atoms with E-state index in [1.165, 1.54) is 5.57 Å². The largest absolute Gasteiger partial charge is 0.376 e. The molecule has 1 unspecified atom stereocenters. The molecule has 0 aromatic rings. The molecule has 0 saturated carbocycles. The van der Waals surface area contributed by atoms with Gasteiger partial charge in [-0.25, -0.2) is 0 Å². The number of rotatable bonds is 5. The van der Waals surface area contributed by atoms with Crippen LogP contribution in [0.25, 0.3) is 0 Å². The van der Waals surface area contributed by atoms with Crippen molar-refractivity contribution < 1.29 is 14.2 Å². The van der Waals surface area contributed by atoms with E-state index in [9.17, 15) is 0 Å². The van der Waals surface area contributed by atoms with E-state index in [1.807, 2.05) is 12.2 Å². The maximum absolute atomic E-state index is 5.29. The highest BCUT2D eigenvalue weighted by Crippen LogP contribution is 2.19. The van der Waals surface area contributed by atoms with E-state index in [0.29, 0.717) is 25.9 Å².